The summed E-state index contributed by atoms with van der Waals surface area (Å²) in [6.45, 7) is 3.96. The van der Waals surface area contributed by atoms with Crippen molar-refractivity contribution in [1.82, 2.24) is 14.8 Å². The molecule has 2 heterocycles. The molecule has 1 N–H and O–H groups in total. The second-order valence-electron chi connectivity index (χ2n) is 5.90. The van der Waals surface area contributed by atoms with Crippen LogP contribution in [-0.2, 0) is 6.54 Å². The summed E-state index contributed by atoms with van der Waals surface area (Å²) in [6.07, 6.45) is 3.61. The fourth-order valence-corrected chi connectivity index (χ4v) is 3.06. The van der Waals surface area contributed by atoms with Gasteiger partial charge in [0, 0.05) is 50.8 Å². The lowest BCUT2D eigenvalue weighted by molar-refractivity contribution is 0.143. The monoisotopic (exact) mass is 360 g/mol. The maximum atomic E-state index is 12.4. The molecule has 6 nitrogen and oxygen atoms in total. The molecule has 1 fully saturated rings. The fraction of sp³-hybridized carbons (Fsp3) is 0.333. The Morgan fingerprint density at radius 3 is 2.56 bits per heavy atom. The number of anilines is 1. The van der Waals surface area contributed by atoms with E-state index in [1.807, 2.05) is 17.0 Å². The van der Waals surface area contributed by atoms with E-state index in [1.54, 1.807) is 37.7 Å². The van der Waals surface area contributed by atoms with E-state index >= 15 is 0 Å². The minimum absolute atomic E-state index is 0.107. The zero-order valence-corrected chi connectivity index (χ0v) is 14.9. The Labute approximate surface area is 152 Å². The minimum Gasteiger partial charge on any atom is -0.495 e. The molecule has 0 spiro atoms. The maximum Gasteiger partial charge on any atom is 0.321 e. The Morgan fingerprint density at radius 2 is 1.92 bits per heavy atom. The predicted octanol–water partition coefficient (Wildman–Crippen LogP) is 3.09. The van der Waals surface area contributed by atoms with Crippen LogP contribution in [0.25, 0.3) is 0 Å². The number of carbonyl (C=O) groups excluding carboxylic acids is 1. The van der Waals surface area contributed by atoms with E-state index in [4.69, 9.17) is 16.3 Å². The third-order valence-electron chi connectivity index (χ3n) is 4.22. The van der Waals surface area contributed by atoms with Crippen LogP contribution in [0.5, 0.6) is 5.75 Å². The smallest absolute Gasteiger partial charge is 0.321 e. The van der Waals surface area contributed by atoms with E-state index in [2.05, 4.69) is 15.2 Å². The molecular formula is C18H21ClN4O2. The van der Waals surface area contributed by atoms with Crippen LogP contribution in [0.15, 0.2) is 42.7 Å². The molecule has 1 aliphatic rings. The second-order valence-corrected chi connectivity index (χ2v) is 6.31. The van der Waals surface area contributed by atoms with Gasteiger partial charge in [0.15, 0.2) is 0 Å². The second kappa shape index (κ2) is 8.18. The van der Waals surface area contributed by atoms with Crippen molar-refractivity contribution in [2.75, 3.05) is 38.6 Å². The summed E-state index contributed by atoms with van der Waals surface area (Å²) in [4.78, 5) is 20.6. The predicted molar refractivity (Wildman–Crippen MR) is 98.1 cm³/mol. The summed E-state index contributed by atoms with van der Waals surface area (Å²) in [5, 5.41) is 3.36. The normalized spacial score (nSPS) is 15.0. The molecule has 0 unspecified atom stereocenters. The quantitative estimate of drug-likeness (QED) is 0.910. The molecule has 2 aromatic rings. The summed E-state index contributed by atoms with van der Waals surface area (Å²) in [5.74, 6) is 0.587. The number of carbonyl (C=O) groups is 1. The number of rotatable bonds is 4. The van der Waals surface area contributed by atoms with Gasteiger partial charge in [0.2, 0.25) is 0 Å². The summed E-state index contributed by atoms with van der Waals surface area (Å²) in [5.41, 5.74) is 1.90. The van der Waals surface area contributed by atoms with Crippen LogP contribution in [0, 0.1) is 0 Å². The number of methoxy groups -OCH3 is 1. The molecule has 3 rings (SSSR count). The van der Waals surface area contributed by atoms with Crippen LogP contribution in [0.2, 0.25) is 5.02 Å². The van der Waals surface area contributed by atoms with Gasteiger partial charge in [-0.15, -0.1) is 0 Å². The first-order valence-electron chi connectivity index (χ1n) is 8.16. The highest BCUT2D eigenvalue weighted by Gasteiger charge is 2.21. The van der Waals surface area contributed by atoms with Gasteiger partial charge < -0.3 is 15.0 Å². The van der Waals surface area contributed by atoms with Crippen LogP contribution in [0.3, 0.4) is 0 Å². The van der Waals surface area contributed by atoms with Crippen molar-refractivity contribution in [1.29, 1.82) is 0 Å². The number of aromatic nitrogens is 1. The molecule has 0 aliphatic carbocycles. The molecule has 25 heavy (non-hydrogen) atoms. The molecule has 7 heteroatoms. The van der Waals surface area contributed by atoms with Gasteiger partial charge in [-0.05, 0) is 35.9 Å². The van der Waals surface area contributed by atoms with Crippen LogP contribution < -0.4 is 10.1 Å². The molecule has 1 saturated heterocycles. The summed E-state index contributed by atoms with van der Waals surface area (Å²) in [7, 11) is 1.56. The summed E-state index contributed by atoms with van der Waals surface area (Å²) < 4.78 is 5.12. The lowest BCUT2D eigenvalue weighted by atomic mass is 10.2. The number of hydrogen-bond donors (Lipinski definition) is 1. The van der Waals surface area contributed by atoms with Crippen molar-refractivity contribution in [2.45, 2.75) is 6.54 Å². The Morgan fingerprint density at radius 1 is 1.20 bits per heavy atom. The van der Waals surface area contributed by atoms with Crippen LogP contribution in [-0.4, -0.2) is 54.1 Å². The molecule has 1 aromatic heterocycles. The van der Waals surface area contributed by atoms with E-state index in [9.17, 15) is 4.79 Å². The van der Waals surface area contributed by atoms with E-state index < -0.39 is 0 Å². The molecular weight excluding hydrogens is 340 g/mol. The van der Waals surface area contributed by atoms with Crippen molar-refractivity contribution in [3.8, 4) is 5.75 Å². The SMILES string of the molecule is COc1ccc(NC(=O)N2CCN(Cc3ccncc3)CC2)cc1Cl. The van der Waals surface area contributed by atoms with Gasteiger partial charge in [-0.25, -0.2) is 4.79 Å². The van der Waals surface area contributed by atoms with Crippen LogP contribution >= 0.6 is 11.6 Å². The molecule has 0 saturated carbocycles. The number of amides is 2. The third kappa shape index (κ3) is 4.61. The Kier molecular flexibility index (Phi) is 5.73. The van der Waals surface area contributed by atoms with Gasteiger partial charge in [-0.2, -0.15) is 0 Å². The molecule has 0 atom stereocenters. The van der Waals surface area contributed by atoms with Gasteiger partial charge >= 0.3 is 6.03 Å². The Hall–Kier alpha value is -2.31. The number of urea groups is 1. The minimum atomic E-state index is -0.107. The average molecular weight is 361 g/mol. The molecule has 0 radical (unpaired) electrons. The maximum absolute atomic E-state index is 12.4. The van der Waals surface area contributed by atoms with E-state index in [1.165, 1.54) is 5.56 Å². The molecule has 2 amide bonds. The number of benzene rings is 1. The largest absolute Gasteiger partial charge is 0.495 e. The highest BCUT2D eigenvalue weighted by molar-refractivity contribution is 6.32. The standard InChI is InChI=1S/C18H21ClN4O2/c1-25-17-3-2-15(12-16(17)19)21-18(24)23-10-8-22(9-11-23)13-14-4-6-20-7-5-14/h2-7,12H,8-11,13H2,1H3,(H,21,24). The molecule has 1 aliphatic heterocycles. The highest BCUT2D eigenvalue weighted by atomic mass is 35.5. The van der Waals surface area contributed by atoms with Gasteiger partial charge in [-0.3, -0.25) is 9.88 Å². The number of nitrogens with zero attached hydrogens (tertiary/aromatic N) is 3. The zero-order chi connectivity index (χ0) is 17.6. The fourth-order valence-electron chi connectivity index (χ4n) is 2.80. The van der Waals surface area contributed by atoms with Crippen molar-refractivity contribution in [3.63, 3.8) is 0 Å². The topological polar surface area (TPSA) is 57.7 Å². The van der Waals surface area contributed by atoms with Gasteiger partial charge in [0.25, 0.3) is 0 Å². The van der Waals surface area contributed by atoms with Crippen LogP contribution in [0.1, 0.15) is 5.56 Å². The lowest BCUT2D eigenvalue weighted by Crippen LogP contribution is -2.49. The number of hydrogen-bond acceptors (Lipinski definition) is 4. The van der Waals surface area contributed by atoms with Gasteiger partial charge in [0.1, 0.15) is 5.75 Å². The van der Waals surface area contributed by atoms with Crippen LogP contribution in [0.4, 0.5) is 10.5 Å². The Balaban J connectivity index is 1.50. The first kappa shape index (κ1) is 17.5. The third-order valence-corrected chi connectivity index (χ3v) is 4.51. The molecule has 1 aromatic carbocycles. The summed E-state index contributed by atoms with van der Waals surface area (Å²) in [6, 6.07) is 9.15. The van der Waals surface area contributed by atoms with Crippen molar-refractivity contribution in [3.05, 3.63) is 53.3 Å². The first-order valence-corrected chi connectivity index (χ1v) is 8.54. The lowest BCUT2D eigenvalue weighted by Gasteiger charge is -2.34. The van der Waals surface area contributed by atoms with Gasteiger partial charge in [0.05, 0.1) is 12.1 Å². The van der Waals surface area contributed by atoms with Crippen molar-refractivity contribution >= 4 is 23.3 Å². The highest BCUT2D eigenvalue weighted by Crippen LogP contribution is 2.27. The van der Waals surface area contributed by atoms with Gasteiger partial charge in [-0.1, -0.05) is 11.6 Å². The molecule has 0 bridgehead atoms. The summed E-state index contributed by atoms with van der Waals surface area (Å²) >= 11 is 6.09. The van der Waals surface area contributed by atoms with Crippen molar-refractivity contribution < 1.29 is 9.53 Å². The number of pyridine rings is 1. The number of halogens is 1. The first-order chi connectivity index (χ1) is 12.2. The molecule has 132 valence electrons. The number of ether oxygens (including phenoxy) is 1. The Bertz CT molecular complexity index is 718. The van der Waals surface area contributed by atoms with E-state index in [-0.39, 0.29) is 6.03 Å². The van der Waals surface area contributed by atoms with E-state index in [0.717, 1.165) is 19.6 Å². The number of piperazine rings is 1. The van der Waals surface area contributed by atoms with Crippen molar-refractivity contribution in [2.24, 2.45) is 0 Å². The average Bonchev–Trinajstić information content (AvgIpc) is 2.63. The van der Waals surface area contributed by atoms with E-state index in [0.29, 0.717) is 29.5 Å². The zero-order valence-electron chi connectivity index (χ0n) is 14.1. The number of nitrogens with one attached hydrogen (secondary N) is 1.